The molecule has 1 saturated heterocycles. The zero-order valence-corrected chi connectivity index (χ0v) is 18.1. The molecule has 2 aliphatic rings. The second-order valence-corrected chi connectivity index (χ2v) is 8.45. The maximum atomic E-state index is 12.9. The van der Waals surface area contributed by atoms with Crippen LogP contribution in [0.15, 0.2) is 78.9 Å². The predicted molar refractivity (Wildman–Crippen MR) is 120 cm³/mol. The third kappa shape index (κ3) is 4.22. The fraction of sp³-hybridized carbons (Fsp3) is 0.259. The summed E-state index contributed by atoms with van der Waals surface area (Å²) in [6.45, 7) is 0.643. The lowest BCUT2D eigenvalue weighted by atomic mass is 9.98. The molecule has 2 atom stereocenters. The zero-order chi connectivity index (χ0) is 22.8. The Bertz CT molecular complexity index is 1120. The molecule has 33 heavy (non-hydrogen) atoms. The molecule has 6 heteroatoms. The van der Waals surface area contributed by atoms with E-state index in [1.165, 1.54) is 4.90 Å². The molecule has 3 aromatic carbocycles. The van der Waals surface area contributed by atoms with Crippen LogP contribution in [0.5, 0.6) is 0 Å². The first-order valence-electron chi connectivity index (χ1n) is 11.1. The van der Waals surface area contributed by atoms with E-state index in [1.54, 1.807) is 0 Å². The van der Waals surface area contributed by atoms with E-state index in [9.17, 15) is 14.7 Å². The SMILES string of the molecule is O=C([O-])[C@@H]1C[C@@H](OCc2ccccc2)CN1C(=O)OCC1c2ccccc2-c2ccccc21. The lowest BCUT2D eigenvalue weighted by Gasteiger charge is -2.25. The van der Waals surface area contributed by atoms with Crippen molar-refractivity contribution in [3.05, 3.63) is 95.6 Å². The van der Waals surface area contributed by atoms with E-state index >= 15 is 0 Å². The summed E-state index contributed by atoms with van der Waals surface area (Å²) < 4.78 is 11.5. The van der Waals surface area contributed by atoms with E-state index in [1.807, 2.05) is 66.7 Å². The minimum Gasteiger partial charge on any atom is -0.548 e. The van der Waals surface area contributed by atoms with Crippen molar-refractivity contribution >= 4 is 12.1 Å². The Kier molecular flexibility index (Phi) is 5.84. The van der Waals surface area contributed by atoms with Crippen LogP contribution in [-0.4, -0.2) is 42.3 Å². The molecule has 1 fully saturated rings. The number of hydrogen-bond acceptors (Lipinski definition) is 5. The lowest BCUT2D eigenvalue weighted by Crippen LogP contribution is -2.47. The molecule has 0 unspecified atom stereocenters. The number of carboxylic acid groups (broad SMARTS) is 1. The topological polar surface area (TPSA) is 78.9 Å². The summed E-state index contributed by atoms with van der Waals surface area (Å²) >= 11 is 0. The van der Waals surface area contributed by atoms with Crippen molar-refractivity contribution < 1.29 is 24.2 Å². The van der Waals surface area contributed by atoms with E-state index in [0.29, 0.717) is 6.61 Å². The minimum atomic E-state index is -1.30. The third-order valence-corrected chi connectivity index (χ3v) is 6.43. The molecule has 0 bridgehead atoms. The number of aliphatic carboxylic acids is 1. The molecular weight excluding hydrogens is 418 g/mol. The van der Waals surface area contributed by atoms with Gasteiger partial charge in [-0.15, -0.1) is 0 Å². The van der Waals surface area contributed by atoms with Gasteiger partial charge in [0.25, 0.3) is 0 Å². The van der Waals surface area contributed by atoms with Crippen LogP contribution in [0.25, 0.3) is 11.1 Å². The summed E-state index contributed by atoms with van der Waals surface area (Å²) in [7, 11) is 0. The average molecular weight is 442 g/mol. The van der Waals surface area contributed by atoms with Gasteiger partial charge in [-0.25, -0.2) is 4.79 Å². The Morgan fingerprint density at radius 2 is 1.48 bits per heavy atom. The third-order valence-electron chi connectivity index (χ3n) is 6.43. The number of hydrogen-bond donors (Lipinski definition) is 0. The quantitative estimate of drug-likeness (QED) is 0.585. The first-order chi connectivity index (χ1) is 16.1. The Morgan fingerprint density at radius 3 is 2.12 bits per heavy atom. The molecule has 6 nitrogen and oxygen atoms in total. The maximum absolute atomic E-state index is 12.9. The van der Waals surface area contributed by atoms with Crippen LogP contribution in [-0.2, 0) is 20.9 Å². The van der Waals surface area contributed by atoms with Gasteiger partial charge in [0.1, 0.15) is 6.61 Å². The van der Waals surface area contributed by atoms with Gasteiger partial charge in [0.2, 0.25) is 0 Å². The monoisotopic (exact) mass is 442 g/mol. The molecular formula is C27H24NO5-. The minimum absolute atomic E-state index is 0.0875. The highest BCUT2D eigenvalue weighted by molar-refractivity contribution is 5.81. The first kappa shape index (κ1) is 21.2. The molecule has 1 aliphatic heterocycles. The highest BCUT2D eigenvalue weighted by Gasteiger charge is 2.38. The van der Waals surface area contributed by atoms with E-state index in [4.69, 9.17) is 9.47 Å². The van der Waals surface area contributed by atoms with Gasteiger partial charge in [0.05, 0.1) is 31.3 Å². The molecule has 168 valence electrons. The standard InChI is InChI=1S/C27H25NO5/c29-26(30)25-14-19(32-16-18-8-2-1-3-9-18)15-28(25)27(31)33-17-24-22-12-6-4-10-20(22)21-11-5-7-13-23(21)24/h1-13,19,24-25H,14-17H2,(H,29,30)/p-1/t19-,25+/m1/s1. The number of benzene rings is 3. The van der Waals surface area contributed by atoms with Crippen molar-refractivity contribution in [3.8, 4) is 11.1 Å². The van der Waals surface area contributed by atoms with Crippen molar-refractivity contribution in [1.29, 1.82) is 0 Å². The molecule has 5 rings (SSSR count). The molecule has 0 spiro atoms. The first-order valence-corrected chi connectivity index (χ1v) is 11.1. The normalized spacial score (nSPS) is 19.2. The van der Waals surface area contributed by atoms with Gasteiger partial charge in [-0.3, -0.25) is 4.90 Å². The number of fused-ring (bicyclic) bond motifs is 3. The van der Waals surface area contributed by atoms with Gasteiger partial charge in [0, 0.05) is 12.3 Å². The average Bonchev–Trinajstić information content (AvgIpc) is 3.42. The largest absolute Gasteiger partial charge is 0.548 e. The number of carbonyl (C=O) groups excluding carboxylic acids is 2. The Labute approximate surface area is 192 Å². The summed E-state index contributed by atoms with van der Waals surface area (Å²) in [5, 5.41) is 11.7. The number of nitrogens with zero attached hydrogens (tertiary/aromatic N) is 1. The van der Waals surface area contributed by atoms with Gasteiger partial charge in [0.15, 0.2) is 0 Å². The van der Waals surface area contributed by atoms with Crippen molar-refractivity contribution in [2.45, 2.75) is 31.1 Å². The van der Waals surface area contributed by atoms with Crippen LogP contribution in [0.1, 0.15) is 29.0 Å². The summed E-state index contributed by atoms with van der Waals surface area (Å²) in [5.74, 6) is -1.38. The molecule has 1 heterocycles. The van der Waals surface area contributed by atoms with Crippen molar-refractivity contribution in [2.24, 2.45) is 0 Å². The second kappa shape index (κ2) is 9.08. The van der Waals surface area contributed by atoms with E-state index in [-0.39, 0.29) is 25.5 Å². The predicted octanol–water partition coefficient (Wildman–Crippen LogP) is 3.35. The smallest absolute Gasteiger partial charge is 0.410 e. The van der Waals surface area contributed by atoms with Crippen LogP contribution < -0.4 is 5.11 Å². The van der Waals surface area contributed by atoms with Crippen molar-refractivity contribution in [2.75, 3.05) is 13.2 Å². The number of carbonyl (C=O) groups is 2. The van der Waals surface area contributed by atoms with Crippen LogP contribution in [0.2, 0.25) is 0 Å². The van der Waals surface area contributed by atoms with Crippen molar-refractivity contribution in [1.82, 2.24) is 4.90 Å². The second-order valence-electron chi connectivity index (χ2n) is 8.45. The number of carboxylic acids is 1. The zero-order valence-electron chi connectivity index (χ0n) is 18.1. The van der Waals surface area contributed by atoms with E-state index < -0.39 is 24.2 Å². The van der Waals surface area contributed by atoms with Gasteiger partial charge in [-0.2, -0.15) is 0 Å². The Balaban J connectivity index is 1.26. The molecule has 1 amide bonds. The van der Waals surface area contributed by atoms with Crippen LogP contribution in [0.4, 0.5) is 4.79 Å². The summed E-state index contributed by atoms with van der Waals surface area (Å²) in [6, 6.07) is 24.7. The molecule has 1 aliphatic carbocycles. The Hall–Kier alpha value is -3.64. The van der Waals surface area contributed by atoms with Crippen molar-refractivity contribution in [3.63, 3.8) is 0 Å². The van der Waals surface area contributed by atoms with Crippen LogP contribution in [0.3, 0.4) is 0 Å². The summed E-state index contributed by atoms with van der Waals surface area (Å²) in [5.41, 5.74) is 5.47. The lowest BCUT2D eigenvalue weighted by molar-refractivity contribution is -0.310. The Morgan fingerprint density at radius 1 is 0.879 bits per heavy atom. The number of rotatable bonds is 6. The number of likely N-dealkylation sites (tertiary alicyclic amines) is 1. The summed E-state index contributed by atoms with van der Waals surface area (Å²) in [4.78, 5) is 25.8. The highest BCUT2D eigenvalue weighted by Crippen LogP contribution is 2.44. The fourth-order valence-electron chi connectivity index (χ4n) is 4.81. The summed E-state index contributed by atoms with van der Waals surface area (Å²) in [6.07, 6.45) is -0.871. The maximum Gasteiger partial charge on any atom is 0.410 e. The molecule has 0 saturated carbocycles. The van der Waals surface area contributed by atoms with E-state index in [2.05, 4.69) is 12.1 Å². The molecule has 0 N–H and O–H groups in total. The number of ether oxygens (including phenoxy) is 2. The van der Waals surface area contributed by atoms with Crippen LogP contribution in [0, 0.1) is 0 Å². The molecule has 3 aromatic rings. The van der Waals surface area contributed by atoms with Crippen LogP contribution >= 0.6 is 0 Å². The fourth-order valence-corrected chi connectivity index (χ4v) is 4.81. The van der Waals surface area contributed by atoms with Gasteiger partial charge in [-0.05, 0) is 27.8 Å². The molecule has 0 aromatic heterocycles. The number of amides is 1. The van der Waals surface area contributed by atoms with Gasteiger partial charge in [-0.1, -0.05) is 78.9 Å². The highest BCUT2D eigenvalue weighted by atomic mass is 16.6. The van der Waals surface area contributed by atoms with Gasteiger partial charge >= 0.3 is 6.09 Å². The molecule has 0 radical (unpaired) electrons. The van der Waals surface area contributed by atoms with E-state index in [0.717, 1.165) is 27.8 Å². The van der Waals surface area contributed by atoms with Gasteiger partial charge < -0.3 is 19.4 Å².